The zero-order chi connectivity index (χ0) is 20.4. The molecule has 6 aromatic rings. The summed E-state index contributed by atoms with van der Waals surface area (Å²) in [5, 5.41) is 5.37. The van der Waals surface area contributed by atoms with Gasteiger partial charge in [0, 0.05) is 32.8 Å². The van der Waals surface area contributed by atoms with E-state index in [2.05, 4.69) is 17.5 Å². The Bertz CT molecular complexity index is 1630. The molecule has 0 bridgehead atoms. The molecule has 0 spiro atoms. The topological polar surface area (TPSA) is 52.8 Å². The van der Waals surface area contributed by atoms with Gasteiger partial charge in [0.15, 0.2) is 11.5 Å². The fourth-order valence-corrected chi connectivity index (χ4v) is 5.21. The van der Waals surface area contributed by atoms with Crippen LogP contribution in [-0.2, 0) is 0 Å². The first kappa shape index (κ1) is 17.2. The van der Waals surface area contributed by atoms with Gasteiger partial charge in [0.1, 0.15) is 0 Å². The fourth-order valence-electron chi connectivity index (χ4n) is 4.47. The van der Waals surface area contributed by atoms with Gasteiger partial charge in [-0.05, 0) is 29.6 Å². The first-order chi connectivity index (χ1) is 14.7. The minimum atomic E-state index is -0.135. The van der Waals surface area contributed by atoms with E-state index in [9.17, 15) is 4.79 Å². The third kappa shape index (κ3) is 2.06. The Balaban J connectivity index is 1.96. The van der Waals surface area contributed by atoms with Crippen LogP contribution in [0.1, 0.15) is 0 Å². The lowest BCUT2D eigenvalue weighted by atomic mass is 10.0. The number of benzene rings is 2. The van der Waals surface area contributed by atoms with Crippen molar-refractivity contribution in [3.8, 4) is 21.9 Å². The van der Waals surface area contributed by atoms with E-state index in [-0.39, 0.29) is 5.56 Å². The van der Waals surface area contributed by atoms with Crippen molar-refractivity contribution in [2.24, 2.45) is 0 Å². The molecule has 0 saturated heterocycles. The summed E-state index contributed by atoms with van der Waals surface area (Å²) in [6.45, 7) is 0. The van der Waals surface area contributed by atoms with Crippen LogP contribution in [0.25, 0.3) is 48.5 Å². The first-order valence-corrected chi connectivity index (χ1v) is 10.4. The summed E-state index contributed by atoms with van der Waals surface area (Å²) in [5.74, 6) is 0.955. The number of hydrogen-bond acceptors (Lipinski definition) is 5. The highest BCUT2D eigenvalue weighted by molar-refractivity contribution is 7.13. The standard InChI is InChI=1S/C24H16N2O3S/c1-28-17-10-9-14-20(23(17)29-2)24(27)26-16-7-4-3-6-13(16)19-15(18-8-5-11-30-18)12-25-21(14)22(19)26/h3-12H,1-2H3. The smallest absolute Gasteiger partial charge is 0.267 e. The molecular formula is C24H16N2O3S. The van der Waals surface area contributed by atoms with Crippen molar-refractivity contribution in [1.29, 1.82) is 0 Å². The van der Waals surface area contributed by atoms with Gasteiger partial charge in [-0.25, -0.2) is 0 Å². The van der Waals surface area contributed by atoms with Gasteiger partial charge in [-0.1, -0.05) is 24.3 Å². The predicted molar refractivity (Wildman–Crippen MR) is 122 cm³/mol. The quantitative estimate of drug-likeness (QED) is 0.368. The van der Waals surface area contributed by atoms with Crippen LogP contribution in [-0.4, -0.2) is 23.6 Å². The van der Waals surface area contributed by atoms with Crippen molar-refractivity contribution in [1.82, 2.24) is 9.38 Å². The molecule has 4 aromatic heterocycles. The molecule has 6 rings (SSSR count). The second kappa shape index (κ2) is 6.18. The number of pyridine rings is 2. The van der Waals surface area contributed by atoms with Crippen LogP contribution in [0.4, 0.5) is 0 Å². The monoisotopic (exact) mass is 412 g/mol. The molecule has 146 valence electrons. The Hall–Kier alpha value is -3.64. The number of nitrogens with zero attached hydrogens (tertiary/aromatic N) is 2. The van der Waals surface area contributed by atoms with Crippen molar-refractivity contribution in [3.05, 3.63) is 70.5 Å². The van der Waals surface area contributed by atoms with Crippen molar-refractivity contribution < 1.29 is 9.47 Å². The molecule has 30 heavy (non-hydrogen) atoms. The van der Waals surface area contributed by atoms with Crippen LogP contribution in [0.2, 0.25) is 0 Å². The Kier molecular flexibility index (Phi) is 3.55. The average molecular weight is 412 g/mol. The molecule has 0 atom stereocenters. The highest BCUT2D eigenvalue weighted by Gasteiger charge is 2.24. The highest BCUT2D eigenvalue weighted by atomic mass is 32.1. The van der Waals surface area contributed by atoms with E-state index in [0.717, 1.165) is 43.1 Å². The Morgan fingerprint density at radius 3 is 2.57 bits per heavy atom. The van der Waals surface area contributed by atoms with Gasteiger partial charge in [-0.15, -0.1) is 11.3 Å². The highest BCUT2D eigenvalue weighted by Crippen LogP contribution is 2.42. The lowest BCUT2D eigenvalue weighted by Gasteiger charge is -2.13. The lowest BCUT2D eigenvalue weighted by Crippen LogP contribution is -2.14. The minimum Gasteiger partial charge on any atom is -0.493 e. The first-order valence-electron chi connectivity index (χ1n) is 9.50. The Morgan fingerprint density at radius 1 is 0.933 bits per heavy atom. The minimum absolute atomic E-state index is 0.135. The number of thiophene rings is 1. The molecule has 5 nitrogen and oxygen atoms in total. The van der Waals surface area contributed by atoms with Gasteiger partial charge in [0.05, 0.1) is 36.2 Å². The summed E-state index contributed by atoms with van der Waals surface area (Å²) in [6.07, 6.45) is 1.91. The number of methoxy groups -OCH3 is 2. The molecule has 2 aromatic carbocycles. The number of hydrogen-bond donors (Lipinski definition) is 0. The largest absolute Gasteiger partial charge is 0.493 e. The molecule has 0 aliphatic carbocycles. The van der Waals surface area contributed by atoms with Gasteiger partial charge in [-0.2, -0.15) is 0 Å². The zero-order valence-corrected chi connectivity index (χ0v) is 17.1. The van der Waals surface area contributed by atoms with Crippen LogP contribution >= 0.6 is 11.3 Å². The van der Waals surface area contributed by atoms with Crippen LogP contribution in [0.3, 0.4) is 0 Å². The lowest BCUT2D eigenvalue weighted by molar-refractivity contribution is 0.358. The van der Waals surface area contributed by atoms with E-state index < -0.39 is 0 Å². The summed E-state index contributed by atoms with van der Waals surface area (Å²) in [5.41, 5.74) is 3.38. The second-order valence-corrected chi connectivity index (χ2v) is 8.05. The van der Waals surface area contributed by atoms with E-state index in [1.54, 1.807) is 30.0 Å². The third-order valence-electron chi connectivity index (χ3n) is 5.70. The molecule has 0 aliphatic heterocycles. The van der Waals surface area contributed by atoms with E-state index in [4.69, 9.17) is 14.5 Å². The summed E-state index contributed by atoms with van der Waals surface area (Å²) >= 11 is 1.67. The summed E-state index contributed by atoms with van der Waals surface area (Å²) in [7, 11) is 3.12. The van der Waals surface area contributed by atoms with Crippen LogP contribution < -0.4 is 15.0 Å². The van der Waals surface area contributed by atoms with E-state index in [1.165, 1.54) is 0 Å². The number of fused-ring (bicyclic) bond motifs is 5. The molecule has 0 unspecified atom stereocenters. The van der Waals surface area contributed by atoms with E-state index in [0.29, 0.717) is 16.9 Å². The Morgan fingerprint density at radius 2 is 1.80 bits per heavy atom. The van der Waals surface area contributed by atoms with Crippen LogP contribution in [0.15, 0.2) is 64.9 Å². The number of para-hydroxylation sites is 1. The number of aromatic nitrogens is 2. The van der Waals surface area contributed by atoms with Crippen molar-refractivity contribution in [2.75, 3.05) is 14.2 Å². The Labute approximate surface area is 175 Å². The summed E-state index contributed by atoms with van der Waals surface area (Å²) in [4.78, 5) is 19.8. The molecular weight excluding hydrogens is 396 g/mol. The summed E-state index contributed by atoms with van der Waals surface area (Å²) < 4.78 is 12.8. The molecule has 0 radical (unpaired) electrons. The maximum absolute atomic E-state index is 13.8. The fraction of sp³-hybridized carbons (Fsp3) is 0.0833. The maximum Gasteiger partial charge on any atom is 0.267 e. The molecule has 4 heterocycles. The molecule has 0 saturated carbocycles. The van der Waals surface area contributed by atoms with Gasteiger partial charge >= 0.3 is 0 Å². The van der Waals surface area contributed by atoms with Crippen molar-refractivity contribution >= 4 is 49.4 Å². The third-order valence-corrected chi connectivity index (χ3v) is 6.60. The van der Waals surface area contributed by atoms with Gasteiger partial charge in [0.25, 0.3) is 5.56 Å². The maximum atomic E-state index is 13.8. The average Bonchev–Trinajstić information content (AvgIpc) is 3.43. The molecule has 6 heteroatoms. The molecule has 0 amide bonds. The van der Waals surface area contributed by atoms with E-state index >= 15 is 0 Å². The normalized spacial score (nSPS) is 11.8. The van der Waals surface area contributed by atoms with E-state index in [1.807, 2.05) is 42.6 Å². The molecule has 0 aliphatic rings. The summed E-state index contributed by atoms with van der Waals surface area (Å²) in [6, 6.07) is 15.8. The van der Waals surface area contributed by atoms with Gasteiger partial charge < -0.3 is 9.47 Å². The second-order valence-electron chi connectivity index (χ2n) is 7.10. The van der Waals surface area contributed by atoms with Crippen molar-refractivity contribution in [3.63, 3.8) is 0 Å². The van der Waals surface area contributed by atoms with Crippen LogP contribution in [0.5, 0.6) is 11.5 Å². The zero-order valence-electron chi connectivity index (χ0n) is 16.3. The number of rotatable bonds is 3. The van der Waals surface area contributed by atoms with Crippen LogP contribution in [0, 0.1) is 0 Å². The van der Waals surface area contributed by atoms with Crippen molar-refractivity contribution in [2.45, 2.75) is 0 Å². The predicted octanol–water partition coefficient (Wildman–Crippen LogP) is 5.34. The van der Waals surface area contributed by atoms with Gasteiger partial charge in [-0.3, -0.25) is 14.2 Å². The number of ether oxygens (including phenoxy) is 2. The molecule has 0 N–H and O–H groups in total. The molecule has 0 fully saturated rings. The SMILES string of the molecule is COc1ccc2c(c1OC)c(=O)n1c3ccccc3c3c(-c4cccs4)cnc2c31. The van der Waals surface area contributed by atoms with Gasteiger partial charge in [0.2, 0.25) is 0 Å².